The topological polar surface area (TPSA) is 42.7 Å². The van der Waals surface area contributed by atoms with Gasteiger partial charge in [-0.3, -0.25) is 0 Å². The van der Waals surface area contributed by atoms with Gasteiger partial charge in [0.2, 0.25) is 0 Å². The van der Waals surface area contributed by atoms with Crippen LogP contribution in [0.3, 0.4) is 0 Å². The summed E-state index contributed by atoms with van der Waals surface area (Å²) < 4.78 is 13.2. The Balaban J connectivity index is 1.90. The van der Waals surface area contributed by atoms with E-state index >= 15 is 0 Å². The lowest BCUT2D eigenvalue weighted by molar-refractivity contribution is 0.577. The molecule has 6 heteroatoms. The average molecular weight is 357 g/mol. The molecule has 1 heterocycles. The molecule has 0 atom stereocenters. The molecule has 0 radical (unpaired) electrons. The van der Waals surface area contributed by atoms with Gasteiger partial charge in [0.25, 0.3) is 0 Å². The number of nitrogens with one attached hydrogen (secondary N) is 1. The van der Waals surface area contributed by atoms with Gasteiger partial charge in [0.15, 0.2) is 0 Å². The van der Waals surface area contributed by atoms with Gasteiger partial charge in [-0.15, -0.1) is 6.58 Å². The van der Waals surface area contributed by atoms with Gasteiger partial charge in [-0.25, -0.2) is 4.39 Å². The van der Waals surface area contributed by atoms with Crippen molar-refractivity contribution in [3.8, 4) is 11.3 Å². The van der Waals surface area contributed by atoms with Crippen molar-refractivity contribution in [1.29, 1.82) is 0 Å². The Hall–Kier alpha value is -2.50. The summed E-state index contributed by atoms with van der Waals surface area (Å²) in [4.78, 5) is 1.59. The second-order valence-electron chi connectivity index (χ2n) is 5.55. The monoisotopic (exact) mass is 356 g/mol. The van der Waals surface area contributed by atoms with Crippen LogP contribution < -0.4 is 5.32 Å². The predicted molar refractivity (Wildman–Crippen MR) is 97.9 cm³/mol. The van der Waals surface area contributed by atoms with E-state index < -0.39 is 0 Å². The zero-order valence-electron chi connectivity index (χ0n) is 13.6. The van der Waals surface area contributed by atoms with E-state index in [2.05, 4.69) is 22.1 Å². The van der Waals surface area contributed by atoms with Gasteiger partial charge in [0.05, 0.1) is 6.54 Å². The molecule has 4 nitrogen and oxygen atoms in total. The van der Waals surface area contributed by atoms with E-state index in [0.29, 0.717) is 24.7 Å². The van der Waals surface area contributed by atoms with E-state index in [0.717, 1.165) is 22.5 Å². The third-order valence-electron chi connectivity index (χ3n) is 3.68. The second-order valence-corrected chi connectivity index (χ2v) is 5.95. The Kier molecular flexibility index (Phi) is 5.58. The van der Waals surface area contributed by atoms with Crippen LogP contribution >= 0.6 is 11.6 Å². The zero-order valence-corrected chi connectivity index (χ0v) is 14.4. The van der Waals surface area contributed by atoms with Crippen LogP contribution in [-0.2, 0) is 13.1 Å². The van der Waals surface area contributed by atoms with Crippen molar-refractivity contribution in [2.75, 3.05) is 6.54 Å². The maximum absolute atomic E-state index is 13.2. The molecule has 0 aliphatic carbocycles. The SMILES string of the molecule is C=CCNCc1nn(Cc2ccc(F)cc2Cl)nc1-c1ccccc1. The molecule has 0 spiro atoms. The Morgan fingerprint density at radius 3 is 2.68 bits per heavy atom. The second kappa shape index (κ2) is 8.05. The molecule has 0 saturated carbocycles. The van der Waals surface area contributed by atoms with Crippen LogP contribution in [0.5, 0.6) is 0 Å². The highest BCUT2D eigenvalue weighted by Gasteiger charge is 2.14. The van der Waals surface area contributed by atoms with Gasteiger partial charge in [-0.05, 0) is 17.7 Å². The molecule has 1 aromatic heterocycles. The van der Waals surface area contributed by atoms with Gasteiger partial charge < -0.3 is 5.32 Å². The zero-order chi connectivity index (χ0) is 17.6. The van der Waals surface area contributed by atoms with Crippen LogP contribution in [0.15, 0.2) is 61.2 Å². The Morgan fingerprint density at radius 2 is 1.96 bits per heavy atom. The summed E-state index contributed by atoms with van der Waals surface area (Å²) in [7, 11) is 0. The standard InChI is InChI=1S/C19H18ClFN4/c1-2-10-22-12-18-19(14-6-4-3-5-7-14)24-25(23-18)13-15-8-9-16(21)11-17(15)20/h2-9,11,22H,1,10,12-13H2. The third-order valence-corrected chi connectivity index (χ3v) is 4.03. The molecular formula is C19H18ClFN4. The fourth-order valence-corrected chi connectivity index (χ4v) is 2.71. The summed E-state index contributed by atoms with van der Waals surface area (Å²) in [6, 6.07) is 14.2. The van der Waals surface area contributed by atoms with Gasteiger partial charge in [-0.2, -0.15) is 15.0 Å². The van der Waals surface area contributed by atoms with Crippen LogP contribution in [0.2, 0.25) is 5.02 Å². The number of rotatable bonds is 7. The number of benzene rings is 2. The van der Waals surface area contributed by atoms with Crippen molar-refractivity contribution in [3.05, 3.63) is 83.3 Å². The van der Waals surface area contributed by atoms with Crippen molar-refractivity contribution in [2.45, 2.75) is 13.1 Å². The fourth-order valence-electron chi connectivity index (χ4n) is 2.49. The Morgan fingerprint density at radius 1 is 1.16 bits per heavy atom. The van der Waals surface area contributed by atoms with Crippen LogP contribution in [0.4, 0.5) is 4.39 Å². The first-order valence-corrected chi connectivity index (χ1v) is 8.30. The summed E-state index contributed by atoms with van der Waals surface area (Å²) in [5.74, 6) is -0.360. The van der Waals surface area contributed by atoms with Crippen molar-refractivity contribution in [3.63, 3.8) is 0 Å². The van der Waals surface area contributed by atoms with E-state index in [1.54, 1.807) is 16.9 Å². The molecule has 25 heavy (non-hydrogen) atoms. The highest BCUT2D eigenvalue weighted by molar-refractivity contribution is 6.31. The lowest BCUT2D eigenvalue weighted by Crippen LogP contribution is -2.14. The van der Waals surface area contributed by atoms with Crippen molar-refractivity contribution in [1.82, 2.24) is 20.3 Å². The molecule has 0 aliphatic heterocycles. The van der Waals surface area contributed by atoms with Crippen LogP contribution in [-0.4, -0.2) is 21.5 Å². The molecular weight excluding hydrogens is 339 g/mol. The van der Waals surface area contributed by atoms with E-state index in [1.807, 2.05) is 30.3 Å². The van der Waals surface area contributed by atoms with E-state index in [1.165, 1.54) is 12.1 Å². The number of hydrogen-bond acceptors (Lipinski definition) is 3. The molecule has 0 saturated heterocycles. The lowest BCUT2D eigenvalue weighted by Gasteiger charge is -2.03. The molecule has 3 aromatic rings. The first-order chi connectivity index (χ1) is 12.2. The highest BCUT2D eigenvalue weighted by atomic mass is 35.5. The molecule has 0 bridgehead atoms. The van der Waals surface area contributed by atoms with Crippen LogP contribution in [0, 0.1) is 5.82 Å². The van der Waals surface area contributed by atoms with Crippen molar-refractivity contribution in [2.24, 2.45) is 0 Å². The van der Waals surface area contributed by atoms with Crippen molar-refractivity contribution >= 4 is 11.6 Å². The normalized spacial score (nSPS) is 10.8. The first-order valence-electron chi connectivity index (χ1n) is 7.92. The lowest BCUT2D eigenvalue weighted by atomic mass is 10.1. The summed E-state index contributed by atoms with van der Waals surface area (Å²) in [6.07, 6.45) is 1.80. The van der Waals surface area contributed by atoms with Crippen LogP contribution in [0.1, 0.15) is 11.3 Å². The Labute approximate surface area is 150 Å². The van der Waals surface area contributed by atoms with Gasteiger partial charge in [0.1, 0.15) is 17.2 Å². The molecule has 3 rings (SSSR count). The third kappa shape index (κ3) is 4.32. The average Bonchev–Trinajstić information content (AvgIpc) is 3.01. The quantitative estimate of drug-likeness (QED) is 0.512. The van der Waals surface area contributed by atoms with Crippen LogP contribution in [0.25, 0.3) is 11.3 Å². The largest absolute Gasteiger partial charge is 0.308 e. The van der Waals surface area contributed by atoms with Gasteiger partial charge in [0, 0.05) is 23.7 Å². The summed E-state index contributed by atoms with van der Waals surface area (Å²) in [5, 5.41) is 12.8. The molecule has 1 N–H and O–H groups in total. The molecule has 0 fully saturated rings. The highest BCUT2D eigenvalue weighted by Crippen LogP contribution is 2.22. The number of nitrogens with zero attached hydrogens (tertiary/aromatic N) is 3. The van der Waals surface area contributed by atoms with E-state index in [-0.39, 0.29) is 5.82 Å². The minimum Gasteiger partial charge on any atom is -0.308 e. The predicted octanol–water partition coefficient (Wildman–Crippen LogP) is 4.06. The van der Waals surface area contributed by atoms with Gasteiger partial charge in [-0.1, -0.05) is 54.1 Å². The minimum absolute atomic E-state index is 0.360. The molecule has 0 unspecified atom stereocenters. The maximum Gasteiger partial charge on any atom is 0.124 e. The smallest absolute Gasteiger partial charge is 0.124 e. The Bertz CT molecular complexity index is 861. The summed E-state index contributed by atoms with van der Waals surface area (Å²) in [6.45, 7) is 5.34. The van der Waals surface area contributed by atoms with Gasteiger partial charge >= 0.3 is 0 Å². The first kappa shape index (κ1) is 17.3. The minimum atomic E-state index is -0.360. The van der Waals surface area contributed by atoms with Crippen molar-refractivity contribution < 1.29 is 4.39 Å². The summed E-state index contributed by atoms with van der Waals surface area (Å²) >= 11 is 6.11. The molecule has 2 aromatic carbocycles. The van der Waals surface area contributed by atoms with E-state index in [4.69, 9.17) is 11.6 Å². The summed E-state index contributed by atoms with van der Waals surface area (Å²) in [5.41, 5.74) is 3.42. The van der Waals surface area contributed by atoms with E-state index in [9.17, 15) is 4.39 Å². The maximum atomic E-state index is 13.2. The number of halogens is 2. The number of aromatic nitrogens is 3. The molecule has 128 valence electrons. The fraction of sp³-hybridized carbons (Fsp3) is 0.158. The molecule has 0 amide bonds. The number of hydrogen-bond donors (Lipinski definition) is 1. The molecule has 0 aliphatic rings.